The summed E-state index contributed by atoms with van der Waals surface area (Å²) in [5, 5.41) is 9.58. The van der Waals surface area contributed by atoms with Gasteiger partial charge < -0.3 is 29.5 Å². The average molecular weight is 391 g/mol. The zero-order valence-electron chi connectivity index (χ0n) is 14.1. The highest BCUT2D eigenvalue weighted by atomic mass is 32.5. The first-order valence-electron chi connectivity index (χ1n) is 7.59. The molecule has 2 aromatic heterocycles. The average Bonchev–Trinajstić information content (AvgIpc) is 3.03. The Bertz CT molecular complexity index is 759. The van der Waals surface area contributed by atoms with Crippen molar-refractivity contribution in [2.75, 3.05) is 19.5 Å². The molecule has 0 aliphatic heterocycles. The van der Waals surface area contributed by atoms with Gasteiger partial charge in [-0.05, 0) is 25.2 Å². The second-order valence-corrected chi connectivity index (χ2v) is 8.14. The Morgan fingerprint density at radius 1 is 1.36 bits per heavy atom. The van der Waals surface area contributed by atoms with Crippen LogP contribution in [0.15, 0.2) is 12.7 Å². The summed E-state index contributed by atoms with van der Waals surface area (Å²) in [5.41, 5.74) is 6.79. The number of nitrogen functional groups attached to an aromatic ring is 1. The molecular formula is C13H22N5O5PS. The molecule has 0 aliphatic rings. The van der Waals surface area contributed by atoms with Crippen LogP contribution in [0.2, 0.25) is 0 Å². The van der Waals surface area contributed by atoms with Crippen molar-refractivity contribution < 1.29 is 23.8 Å². The van der Waals surface area contributed by atoms with Gasteiger partial charge in [0.2, 0.25) is 0 Å². The molecule has 0 radical (unpaired) electrons. The van der Waals surface area contributed by atoms with E-state index in [-0.39, 0.29) is 12.4 Å². The lowest BCUT2D eigenvalue weighted by atomic mass is 10.1. The zero-order valence-corrected chi connectivity index (χ0v) is 15.9. The zero-order chi connectivity index (χ0) is 18.6. The molecule has 0 aromatic carbocycles. The molecule has 12 heteroatoms. The molecule has 0 amide bonds. The van der Waals surface area contributed by atoms with Gasteiger partial charge in [-0.15, -0.1) is 0 Å². The normalized spacial score (nSPS) is 18.0. The molecule has 0 saturated carbocycles. The van der Waals surface area contributed by atoms with Crippen LogP contribution in [0.4, 0.5) is 5.82 Å². The molecule has 0 saturated heterocycles. The summed E-state index contributed by atoms with van der Waals surface area (Å²) in [6.07, 6.45) is 1.55. The number of hydrogen-bond acceptors (Lipinski definition) is 9. The van der Waals surface area contributed by atoms with E-state index in [1.54, 1.807) is 17.8 Å². The second-order valence-electron chi connectivity index (χ2n) is 5.24. The fourth-order valence-electron chi connectivity index (χ4n) is 2.33. The van der Waals surface area contributed by atoms with Gasteiger partial charge in [0.1, 0.15) is 24.2 Å². The number of fused-ring (bicyclic) bond motifs is 1. The summed E-state index contributed by atoms with van der Waals surface area (Å²) in [4.78, 5) is 22.1. The molecule has 0 spiro atoms. The topological polar surface area (TPSA) is 138 Å². The third-order valence-corrected chi connectivity index (χ3v) is 5.35. The van der Waals surface area contributed by atoms with Crippen LogP contribution in [-0.2, 0) is 25.6 Å². The lowest BCUT2D eigenvalue weighted by Gasteiger charge is -2.30. The van der Waals surface area contributed by atoms with Crippen molar-refractivity contribution in [2.24, 2.45) is 0 Å². The van der Waals surface area contributed by atoms with E-state index in [1.807, 2.05) is 6.92 Å². The first-order chi connectivity index (χ1) is 11.8. The van der Waals surface area contributed by atoms with E-state index in [0.717, 1.165) is 0 Å². The number of aliphatic hydroxyl groups is 1. The van der Waals surface area contributed by atoms with Gasteiger partial charge in [-0.3, -0.25) is 4.57 Å². The summed E-state index contributed by atoms with van der Waals surface area (Å²) in [7, 11) is 1.25. The van der Waals surface area contributed by atoms with Crippen LogP contribution in [0, 0.1) is 0 Å². The van der Waals surface area contributed by atoms with Gasteiger partial charge in [0.05, 0.1) is 19.0 Å². The number of anilines is 1. The van der Waals surface area contributed by atoms with Gasteiger partial charge in [0.15, 0.2) is 11.5 Å². The monoisotopic (exact) mass is 391 g/mol. The summed E-state index contributed by atoms with van der Waals surface area (Å²) < 4.78 is 17.8. The number of ether oxygens (including phenoxy) is 1. The van der Waals surface area contributed by atoms with Gasteiger partial charge in [-0.1, -0.05) is 6.92 Å². The van der Waals surface area contributed by atoms with Gasteiger partial charge in [0, 0.05) is 7.11 Å². The summed E-state index contributed by atoms with van der Waals surface area (Å²) in [5.74, 6) is 0.278. The van der Waals surface area contributed by atoms with E-state index in [0.29, 0.717) is 17.6 Å². The molecule has 2 aromatic rings. The van der Waals surface area contributed by atoms with Crippen molar-refractivity contribution in [3.63, 3.8) is 0 Å². The van der Waals surface area contributed by atoms with E-state index in [2.05, 4.69) is 15.0 Å². The van der Waals surface area contributed by atoms with Crippen molar-refractivity contribution in [1.29, 1.82) is 0 Å². The SMILES string of the molecule is CC[C@H](OC(C)n1cnc2c(N)ncnc21)C(CO)OP(O)(=S)OC. The summed E-state index contributed by atoms with van der Waals surface area (Å²) in [6, 6.07) is 0. The molecule has 140 valence electrons. The van der Waals surface area contributed by atoms with E-state index < -0.39 is 25.2 Å². The maximum atomic E-state index is 9.83. The Hall–Kier alpha value is -1.20. The highest BCUT2D eigenvalue weighted by molar-refractivity contribution is 8.07. The molecule has 4 atom stereocenters. The first kappa shape index (κ1) is 20.1. The molecule has 0 fully saturated rings. The minimum Gasteiger partial charge on any atom is -0.394 e. The van der Waals surface area contributed by atoms with Crippen molar-refractivity contribution in [2.45, 2.75) is 38.7 Å². The van der Waals surface area contributed by atoms with E-state index in [1.165, 1.54) is 13.4 Å². The van der Waals surface area contributed by atoms with Crippen molar-refractivity contribution in [1.82, 2.24) is 19.5 Å². The Morgan fingerprint density at radius 3 is 2.68 bits per heavy atom. The maximum Gasteiger partial charge on any atom is 0.324 e. The number of rotatable bonds is 9. The van der Waals surface area contributed by atoms with E-state index in [9.17, 15) is 10.00 Å². The molecular weight excluding hydrogens is 369 g/mol. The van der Waals surface area contributed by atoms with Crippen LogP contribution >= 0.6 is 6.72 Å². The van der Waals surface area contributed by atoms with Crippen molar-refractivity contribution >= 4 is 35.5 Å². The highest BCUT2D eigenvalue weighted by Gasteiger charge is 2.29. The molecule has 4 N–H and O–H groups in total. The number of aromatic nitrogens is 4. The lowest BCUT2D eigenvalue weighted by Crippen LogP contribution is -2.35. The Morgan fingerprint density at radius 2 is 2.08 bits per heavy atom. The molecule has 3 unspecified atom stereocenters. The molecule has 10 nitrogen and oxygen atoms in total. The Kier molecular flexibility index (Phi) is 6.80. The van der Waals surface area contributed by atoms with Crippen LogP contribution in [-0.4, -0.2) is 55.4 Å². The predicted octanol–water partition coefficient (Wildman–Crippen LogP) is 0.963. The standard InChI is InChI=1S/C13H22N5O5PS/c1-4-9(10(5-19)23-24(20,25)21-3)22-8(2)18-7-17-11-12(14)15-6-16-13(11)18/h6-10,19H,4-5H2,1-3H3,(H,20,25)(H2,14,15,16)/t8?,9-,10?,24?/m0/s1. The van der Waals surface area contributed by atoms with Crippen LogP contribution < -0.4 is 5.73 Å². The largest absolute Gasteiger partial charge is 0.394 e. The number of nitrogens with zero attached hydrogens (tertiary/aromatic N) is 4. The number of aliphatic hydroxyl groups excluding tert-OH is 1. The highest BCUT2D eigenvalue weighted by Crippen LogP contribution is 2.44. The summed E-state index contributed by atoms with van der Waals surface area (Å²) >= 11 is 4.83. The van der Waals surface area contributed by atoms with E-state index in [4.69, 9.17) is 31.3 Å². The quantitative estimate of drug-likeness (QED) is 0.530. The lowest BCUT2D eigenvalue weighted by molar-refractivity contribution is -0.104. The fraction of sp³-hybridized carbons (Fsp3) is 0.615. The van der Waals surface area contributed by atoms with Crippen LogP contribution in [0.1, 0.15) is 26.5 Å². The number of imidazole rings is 1. The molecule has 25 heavy (non-hydrogen) atoms. The molecule has 2 rings (SSSR count). The maximum absolute atomic E-state index is 9.83. The predicted molar refractivity (Wildman–Crippen MR) is 95.1 cm³/mol. The van der Waals surface area contributed by atoms with Crippen LogP contribution in [0.25, 0.3) is 11.2 Å². The van der Waals surface area contributed by atoms with Crippen LogP contribution in [0.3, 0.4) is 0 Å². The van der Waals surface area contributed by atoms with Gasteiger partial charge in [-0.2, -0.15) is 0 Å². The Balaban J connectivity index is 2.19. The molecule has 0 aliphatic carbocycles. The minimum absolute atomic E-state index is 0.278. The number of nitrogens with two attached hydrogens (primary N) is 1. The smallest absolute Gasteiger partial charge is 0.324 e. The van der Waals surface area contributed by atoms with Crippen LogP contribution in [0.5, 0.6) is 0 Å². The first-order valence-corrected chi connectivity index (χ1v) is 10.2. The minimum atomic E-state index is -3.43. The third kappa shape index (κ3) is 4.70. The van der Waals surface area contributed by atoms with Gasteiger partial charge in [-0.25, -0.2) is 15.0 Å². The van der Waals surface area contributed by atoms with Gasteiger partial charge >= 0.3 is 6.72 Å². The van der Waals surface area contributed by atoms with Crippen molar-refractivity contribution in [3.05, 3.63) is 12.7 Å². The summed E-state index contributed by atoms with van der Waals surface area (Å²) in [6.45, 7) is -0.149. The molecule has 2 heterocycles. The fourth-order valence-corrected chi connectivity index (χ4v) is 3.30. The Labute approximate surface area is 150 Å². The number of hydrogen-bond donors (Lipinski definition) is 3. The van der Waals surface area contributed by atoms with E-state index >= 15 is 0 Å². The molecule has 0 bridgehead atoms. The second kappa shape index (κ2) is 8.45. The van der Waals surface area contributed by atoms with Crippen molar-refractivity contribution in [3.8, 4) is 0 Å². The third-order valence-electron chi connectivity index (χ3n) is 3.65. The van der Waals surface area contributed by atoms with Gasteiger partial charge in [0.25, 0.3) is 0 Å².